The van der Waals surface area contributed by atoms with Crippen LogP contribution in [0.25, 0.3) is 0 Å². The van der Waals surface area contributed by atoms with Crippen molar-refractivity contribution in [3.63, 3.8) is 0 Å². The summed E-state index contributed by atoms with van der Waals surface area (Å²) in [7, 11) is 0. The smallest absolute Gasteiger partial charge is 0.323 e. The molecule has 0 spiro atoms. The van der Waals surface area contributed by atoms with Crippen LogP contribution in [0.4, 0.5) is 14.9 Å². The highest BCUT2D eigenvalue weighted by Crippen LogP contribution is 2.32. The molecular formula is C21H19ClFN3O3. The Bertz CT molecular complexity index is 1040. The van der Waals surface area contributed by atoms with Gasteiger partial charge in [-0.15, -0.1) is 0 Å². The molecule has 1 atom stereocenters. The SMILES string of the molecule is C[C@]1(c2ccc3c(c2)CCC3)NC(=O)N(CC(=O)Nc2ccc(F)cc2Cl)C1=O. The Balaban J connectivity index is 1.51. The Morgan fingerprint density at radius 2 is 1.97 bits per heavy atom. The average Bonchev–Trinajstić information content (AvgIpc) is 3.22. The van der Waals surface area contributed by atoms with Gasteiger partial charge in [-0.1, -0.05) is 29.8 Å². The molecule has 2 aromatic rings. The van der Waals surface area contributed by atoms with Gasteiger partial charge >= 0.3 is 6.03 Å². The van der Waals surface area contributed by atoms with Crippen molar-refractivity contribution in [2.24, 2.45) is 0 Å². The zero-order chi connectivity index (χ0) is 20.8. The molecule has 1 heterocycles. The van der Waals surface area contributed by atoms with Crippen LogP contribution < -0.4 is 10.6 Å². The van der Waals surface area contributed by atoms with Crippen molar-refractivity contribution >= 4 is 35.1 Å². The molecule has 2 N–H and O–H groups in total. The summed E-state index contributed by atoms with van der Waals surface area (Å²) in [6.07, 6.45) is 3.05. The number of imide groups is 1. The lowest BCUT2D eigenvalue weighted by atomic mass is 9.89. The number of carbonyl (C=O) groups excluding carboxylic acids is 3. The van der Waals surface area contributed by atoms with Gasteiger partial charge in [-0.05, 0) is 61.1 Å². The molecule has 8 heteroatoms. The fourth-order valence-electron chi connectivity index (χ4n) is 3.84. The third-order valence-electron chi connectivity index (χ3n) is 5.46. The number of fused-ring (bicyclic) bond motifs is 1. The lowest BCUT2D eigenvalue weighted by Gasteiger charge is -2.23. The van der Waals surface area contributed by atoms with Gasteiger partial charge in [0.05, 0.1) is 10.7 Å². The van der Waals surface area contributed by atoms with Crippen LogP contribution in [0.2, 0.25) is 5.02 Å². The Hall–Kier alpha value is -2.93. The predicted octanol–water partition coefficient (Wildman–Crippen LogP) is 3.37. The van der Waals surface area contributed by atoms with Crippen LogP contribution in [0.3, 0.4) is 0 Å². The monoisotopic (exact) mass is 415 g/mol. The number of aryl methyl sites for hydroxylation is 2. The minimum absolute atomic E-state index is 0.0264. The van der Waals surface area contributed by atoms with Gasteiger partial charge in [0.2, 0.25) is 5.91 Å². The van der Waals surface area contributed by atoms with Gasteiger partial charge in [0.15, 0.2) is 0 Å². The van der Waals surface area contributed by atoms with Crippen molar-refractivity contribution < 1.29 is 18.8 Å². The minimum atomic E-state index is -1.23. The number of nitrogens with zero attached hydrogens (tertiary/aromatic N) is 1. The van der Waals surface area contributed by atoms with Crippen LogP contribution >= 0.6 is 11.6 Å². The topological polar surface area (TPSA) is 78.5 Å². The Morgan fingerprint density at radius 1 is 1.21 bits per heavy atom. The van der Waals surface area contributed by atoms with E-state index in [1.165, 1.54) is 17.2 Å². The lowest BCUT2D eigenvalue weighted by Crippen LogP contribution is -2.42. The number of hydrogen-bond donors (Lipinski definition) is 2. The molecule has 1 fully saturated rings. The second kappa shape index (κ2) is 7.15. The van der Waals surface area contributed by atoms with Gasteiger partial charge < -0.3 is 10.6 Å². The van der Waals surface area contributed by atoms with E-state index in [9.17, 15) is 18.8 Å². The molecule has 4 rings (SSSR count). The van der Waals surface area contributed by atoms with Crippen LogP contribution in [0.15, 0.2) is 36.4 Å². The molecule has 1 aliphatic carbocycles. The minimum Gasteiger partial charge on any atom is -0.323 e. The molecule has 2 aromatic carbocycles. The molecule has 0 aromatic heterocycles. The summed E-state index contributed by atoms with van der Waals surface area (Å²) >= 11 is 5.90. The first-order chi connectivity index (χ1) is 13.8. The maximum Gasteiger partial charge on any atom is 0.325 e. The van der Waals surface area contributed by atoms with E-state index in [0.29, 0.717) is 5.56 Å². The lowest BCUT2D eigenvalue weighted by molar-refractivity contribution is -0.133. The highest BCUT2D eigenvalue weighted by atomic mass is 35.5. The van der Waals surface area contributed by atoms with Crippen molar-refractivity contribution in [1.29, 1.82) is 0 Å². The second-order valence-electron chi connectivity index (χ2n) is 7.46. The molecule has 0 saturated carbocycles. The summed E-state index contributed by atoms with van der Waals surface area (Å²) in [4.78, 5) is 38.7. The molecule has 0 bridgehead atoms. The van der Waals surface area contributed by atoms with E-state index < -0.39 is 35.7 Å². The van der Waals surface area contributed by atoms with Gasteiger partial charge in [-0.2, -0.15) is 0 Å². The van der Waals surface area contributed by atoms with Crippen LogP contribution in [0, 0.1) is 5.82 Å². The van der Waals surface area contributed by atoms with E-state index >= 15 is 0 Å². The molecule has 0 unspecified atom stereocenters. The Kier molecular flexibility index (Phi) is 4.78. The van der Waals surface area contributed by atoms with E-state index in [1.54, 1.807) is 6.92 Å². The fourth-order valence-corrected chi connectivity index (χ4v) is 4.06. The van der Waals surface area contributed by atoms with Crippen LogP contribution in [-0.4, -0.2) is 29.3 Å². The Morgan fingerprint density at radius 3 is 2.72 bits per heavy atom. The number of rotatable bonds is 4. The van der Waals surface area contributed by atoms with Gasteiger partial charge in [0.1, 0.15) is 17.9 Å². The van der Waals surface area contributed by atoms with E-state index in [-0.39, 0.29) is 10.7 Å². The predicted molar refractivity (Wildman–Crippen MR) is 106 cm³/mol. The van der Waals surface area contributed by atoms with E-state index in [1.807, 2.05) is 18.2 Å². The summed E-state index contributed by atoms with van der Waals surface area (Å²) in [6, 6.07) is 8.70. The third kappa shape index (κ3) is 3.46. The largest absolute Gasteiger partial charge is 0.325 e. The number of benzene rings is 2. The molecule has 150 valence electrons. The van der Waals surface area contributed by atoms with E-state index in [0.717, 1.165) is 36.3 Å². The van der Waals surface area contributed by atoms with Gasteiger partial charge in [-0.3, -0.25) is 14.5 Å². The Labute approximate surface area is 172 Å². The summed E-state index contributed by atoms with van der Waals surface area (Å²) in [5.41, 5.74) is 2.12. The molecule has 4 amide bonds. The zero-order valence-corrected chi connectivity index (χ0v) is 16.5. The standard InChI is InChI=1S/C21H19ClFN3O3/c1-21(14-6-5-12-3-2-4-13(12)9-14)19(28)26(20(29)25-21)11-18(27)24-17-8-7-15(23)10-16(17)22/h5-10H,2-4,11H2,1H3,(H,24,27)(H,25,29)/t21-/m1/s1. The highest BCUT2D eigenvalue weighted by molar-refractivity contribution is 6.33. The van der Waals surface area contributed by atoms with Crippen LogP contribution in [0.1, 0.15) is 30.0 Å². The molecular weight excluding hydrogens is 397 g/mol. The fraction of sp³-hybridized carbons (Fsp3) is 0.286. The third-order valence-corrected chi connectivity index (χ3v) is 5.77. The number of anilines is 1. The quantitative estimate of drug-likeness (QED) is 0.751. The number of amides is 4. The second-order valence-corrected chi connectivity index (χ2v) is 7.86. The molecule has 1 saturated heterocycles. The summed E-state index contributed by atoms with van der Waals surface area (Å²) in [6.45, 7) is 1.16. The van der Waals surface area contributed by atoms with Crippen LogP contribution in [-0.2, 0) is 28.0 Å². The van der Waals surface area contributed by atoms with E-state index in [2.05, 4.69) is 10.6 Å². The van der Waals surface area contributed by atoms with E-state index in [4.69, 9.17) is 11.6 Å². The summed E-state index contributed by atoms with van der Waals surface area (Å²) < 4.78 is 13.1. The summed E-state index contributed by atoms with van der Waals surface area (Å²) in [5.74, 6) is -1.65. The van der Waals surface area contributed by atoms with Crippen LogP contribution in [0.5, 0.6) is 0 Å². The first-order valence-corrected chi connectivity index (χ1v) is 9.67. The van der Waals surface area contributed by atoms with Gasteiger partial charge in [-0.25, -0.2) is 9.18 Å². The zero-order valence-electron chi connectivity index (χ0n) is 15.7. The summed E-state index contributed by atoms with van der Waals surface area (Å²) in [5, 5.41) is 5.23. The van der Waals surface area contributed by atoms with Crippen molar-refractivity contribution in [3.05, 3.63) is 63.9 Å². The van der Waals surface area contributed by atoms with Crippen molar-refractivity contribution in [1.82, 2.24) is 10.2 Å². The average molecular weight is 416 g/mol. The maximum atomic E-state index is 13.1. The molecule has 1 aliphatic heterocycles. The first-order valence-electron chi connectivity index (χ1n) is 9.29. The van der Waals surface area contributed by atoms with Gasteiger partial charge in [0, 0.05) is 0 Å². The number of hydrogen-bond acceptors (Lipinski definition) is 3. The number of halogens is 2. The number of carbonyl (C=O) groups is 3. The first kappa shape index (κ1) is 19.4. The molecule has 0 radical (unpaired) electrons. The number of nitrogens with one attached hydrogen (secondary N) is 2. The molecule has 29 heavy (non-hydrogen) atoms. The highest BCUT2D eigenvalue weighted by Gasteiger charge is 2.49. The molecule has 2 aliphatic rings. The van der Waals surface area contributed by atoms with Crippen molar-refractivity contribution in [2.45, 2.75) is 31.7 Å². The number of urea groups is 1. The normalized spacial score (nSPS) is 20.6. The van der Waals surface area contributed by atoms with Crippen molar-refractivity contribution in [3.8, 4) is 0 Å². The maximum absolute atomic E-state index is 13.1. The van der Waals surface area contributed by atoms with Crippen molar-refractivity contribution in [2.75, 3.05) is 11.9 Å². The van der Waals surface area contributed by atoms with Gasteiger partial charge in [0.25, 0.3) is 5.91 Å². The molecule has 6 nitrogen and oxygen atoms in total.